The van der Waals surface area contributed by atoms with E-state index in [0.717, 1.165) is 17.4 Å². The molecule has 0 aliphatic carbocycles. The summed E-state index contributed by atoms with van der Waals surface area (Å²) >= 11 is 4.76. The summed E-state index contributed by atoms with van der Waals surface area (Å²) in [5.41, 5.74) is 1.13. The van der Waals surface area contributed by atoms with E-state index in [9.17, 15) is 0 Å². The van der Waals surface area contributed by atoms with Gasteiger partial charge in [0.15, 0.2) is 0 Å². The van der Waals surface area contributed by atoms with Gasteiger partial charge in [0.25, 0.3) is 0 Å². The van der Waals surface area contributed by atoms with Gasteiger partial charge >= 0.3 is 0 Å². The fourth-order valence-electron chi connectivity index (χ4n) is 0.878. The average molecular weight is 235 g/mol. The van der Waals surface area contributed by atoms with Gasteiger partial charge in [0.1, 0.15) is 0 Å². The van der Waals surface area contributed by atoms with Crippen molar-refractivity contribution < 1.29 is 0 Å². The Morgan fingerprint density at radius 2 is 2.55 bits per heavy atom. The van der Waals surface area contributed by atoms with Crippen LogP contribution in [0.2, 0.25) is 0 Å². The molecule has 0 aromatic carbocycles. The van der Waals surface area contributed by atoms with Crippen LogP contribution >= 0.6 is 27.7 Å². The zero-order valence-electron chi connectivity index (χ0n) is 6.46. The number of alkyl halides is 1. The second kappa shape index (κ2) is 4.83. The molecule has 0 bridgehead atoms. The third kappa shape index (κ3) is 2.87. The minimum atomic E-state index is 0.707. The first kappa shape index (κ1) is 9.13. The zero-order valence-corrected chi connectivity index (χ0v) is 8.86. The Bertz CT molecular complexity index is 184. The molecule has 1 aromatic heterocycles. The van der Waals surface area contributed by atoms with Gasteiger partial charge in [-0.2, -0.15) is 8.75 Å². The molecular formula is C7H11BrN2S. The molecule has 0 amide bonds. The van der Waals surface area contributed by atoms with E-state index in [1.807, 2.05) is 6.20 Å². The molecule has 0 fully saturated rings. The first-order valence-corrected chi connectivity index (χ1v) is 5.54. The van der Waals surface area contributed by atoms with Crippen LogP contribution in [0.25, 0.3) is 0 Å². The van der Waals surface area contributed by atoms with Gasteiger partial charge in [-0.15, -0.1) is 0 Å². The van der Waals surface area contributed by atoms with Gasteiger partial charge in [0.05, 0.1) is 23.6 Å². The summed E-state index contributed by atoms with van der Waals surface area (Å²) in [6.45, 7) is 2.20. The van der Waals surface area contributed by atoms with E-state index in [2.05, 4.69) is 31.6 Å². The van der Waals surface area contributed by atoms with Crippen molar-refractivity contribution in [3.63, 3.8) is 0 Å². The van der Waals surface area contributed by atoms with E-state index >= 15 is 0 Å². The predicted octanol–water partition coefficient (Wildman–Crippen LogP) is 2.50. The molecule has 0 saturated heterocycles. The highest BCUT2D eigenvalue weighted by Gasteiger charge is 2.06. The molecule has 0 spiro atoms. The topological polar surface area (TPSA) is 25.8 Å². The fraction of sp³-hybridized carbons (Fsp3) is 0.714. The van der Waals surface area contributed by atoms with Crippen molar-refractivity contribution in [2.45, 2.75) is 19.8 Å². The molecule has 0 saturated carbocycles. The monoisotopic (exact) mass is 234 g/mol. The SMILES string of the molecule is CCC(CBr)Cc1cnsn1. The van der Waals surface area contributed by atoms with Crippen LogP contribution in [0.1, 0.15) is 19.0 Å². The Labute approximate surface area is 79.5 Å². The highest BCUT2D eigenvalue weighted by molar-refractivity contribution is 9.09. The number of rotatable bonds is 4. The lowest BCUT2D eigenvalue weighted by atomic mass is 10.0. The number of aromatic nitrogens is 2. The van der Waals surface area contributed by atoms with Gasteiger partial charge in [-0.3, -0.25) is 0 Å². The van der Waals surface area contributed by atoms with Gasteiger partial charge < -0.3 is 0 Å². The molecule has 62 valence electrons. The Morgan fingerprint density at radius 1 is 1.73 bits per heavy atom. The van der Waals surface area contributed by atoms with Crippen LogP contribution in [0.15, 0.2) is 6.20 Å². The second-order valence-electron chi connectivity index (χ2n) is 2.53. The van der Waals surface area contributed by atoms with E-state index in [4.69, 9.17) is 0 Å². The van der Waals surface area contributed by atoms with Crippen molar-refractivity contribution in [1.29, 1.82) is 0 Å². The van der Waals surface area contributed by atoms with Gasteiger partial charge in [-0.25, -0.2) is 0 Å². The summed E-state index contributed by atoms with van der Waals surface area (Å²) in [5.74, 6) is 0.707. The second-order valence-corrected chi connectivity index (χ2v) is 3.74. The van der Waals surface area contributed by atoms with Crippen LogP contribution in [-0.2, 0) is 6.42 Å². The maximum Gasteiger partial charge on any atom is 0.0746 e. The van der Waals surface area contributed by atoms with Gasteiger partial charge in [-0.05, 0) is 12.3 Å². The van der Waals surface area contributed by atoms with Gasteiger partial charge in [0.2, 0.25) is 0 Å². The van der Waals surface area contributed by atoms with Crippen molar-refractivity contribution in [3.05, 3.63) is 11.9 Å². The van der Waals surface area contributed by atoms with Gasteiger partial charge in [0, 0.05) is 5.33 Å². The maximum absolute atomic E-state index is 4.16. The number of nitrogens with zero attached hydrogens (tertiary/aromatic N) is 2. The third-order valence-electron chi connectivity index (χ3n) is 1.70. The van der Waals surface area contributed by atoms with E-state index in [1.165, 1.54) is 18.1 Å². The summed E-state index contributed by atoms with van der Waals surface area (Å²) in [6.07, 6.45) is 4.11. The number of hydrogen-bond donors (Lipinski definition) is 0. The summed E-state index contributed by atoms with van der Waals surface area (Å²) < 4.78 is 8.12. The van der Waals surface area contributed by atoms with E-state index in [1.54, 1.807) is 0 Å². The van der Waals surface area contributed by atoms with E-state index < -0.39 is 0 Å². The standard InChI is InChI=1S/C7H11BrN2S/c1-2-6(4-8)3-7-5-9-11-10-7/h5-6H,2-4H2,1H3. The first-order valence-electron chi connectivity index (χ1n) is 3.69. The molecule has 11 heavy (non-hydrogen) atoms. The molecule has 0 aliphatic heterocycles. The van der Waals surface area contributed by atoms with Crippen LogP contribution in [-0.4, -0.2) is 14.1 Å². The fourth-order valence-corrected chi connectivity index (χ4v) is 2.01. The van der Waals surface area contributed by atoms with Crippen LogP contribution < -0.4 is 0 Å². The largest absolute Gasteiger partial charge is 0.181 e. The number of halogens is 1. The summed E-state index contributed by atoms with van der Waals surface area (Å²) in [5, 5.41) is 1.06. The zero-order chi connectivity index (χ0) is 8.10. The van der Waals surface area contributed by atoms with Crippen LogP contribution in [0.4, 0.5) is 0 Å². The smallest absolute Gasteiger partial charge is 0.0746 e. The minimum Gasteiger partial charge on any atom is -0.181 e. The molecule has 1 unspecified atom stereocenters. The van der Waals surface area contributed by atoms with Crippen molar-refractivity contribution >= 4 is 27.7 Å². The van der Waals surface area contributed by atoms with E-state index in [0.29, 0.717) is 5.92 Å². The molecule has 1 rings (SSSR count). The molecule has 1 heterocycles. The quantitative estimate of drug-likeness (QED) is 0.749. The Balaban J connectivity index is 2.41. The molecule has 1 atom stereocenters. The predicted molar refractivity (Wildman–Crippen MR) is 51.2 cm³/mol. The molecule has 2 nitrogen and oxygen atoms in total. The van der Waals surface area contributed by atoms with Crippen molar-refractivity contribution in [3.8, 4) is 0 Å². The molecule has 0 aliphatic rings. The van der Waals surface area contributed by atoms with Crippen molar-refractivity contribution in [2.75, 3.05) is 5.33 Å². The molecule has 4 heteroatoms. The lowest BCUT2D eigenvalue weighted by molar-refractivity contribution is 0.568. The van der Waals surface area contributed by atoms with E-state index in [-0.39, 0.29) is 0 Å². The van der Waals surface area contributed by atoms with Crippen LogP contribution in [0.5, 0.6) is 0 Å². The number of hydrogen-bond acceptors (Lipinski definition) is 3. The van der Waals surface area contributed by atoms with Gasteiger partial charge in [-0.1, -0.05) is 29.3 Å². The molecule has 0 radical (unpaired) electrons. The first-order chi connectivity index (χ1) is 5.36. The lowest BCUT2D eigenvalue weighted by Gasteiger charge is -2.07. The summed E-state index contributed by atoms with van der Waals surface area (Å²) in [4.78, 5) is 0. The molecule has 1 aromatic rings. The molecular weight excluding hydrogens is 224 g/mol. The maximum atomic E-state index is 4.16. The summed E-state index contributed by atoms with van der Waals surface area (Å²) in [7, 11) is 0. The van der Waals surface area contributed by atoms with Crippen molar-refractivity contribution in [2.24, 2.45) is 5.92 Å². The highest BCUT2D eigenvalue weighted by atomic mass is 79.9. The highest BCUT2D eigenvalue weighted by Crippen LogP contribution is 2.12. The van der Waals surface area contributed by atoms with Crippen LogP contribution in [0.3, 0.4) is 0 Å². The summed E-state index contributed by atoms with van der Waals surface area (Å²) in [6, 6.07) is 0. The molecule has 0 N–H and O–H groups in total. The Morgan fingerprint density at radius 3 is 3.00 bits per heavy atom. The Kier molecular flexibility index (Phi) is 4.01. The van der Waals surface area contributed by atoms with Crippen molar-refractivity contribution in [1.82, 2.24) is 8.75 Å². The lowest BCUT2D eigenvalue weighted by Crippen LogP contribution is -2.04. The Hall–Kier alpha value is 0.0400. The minimum absolute atomic E-state index is 0.707. The normalized spacial score (nSPS) is 13.3. The van der Waals surface area contributed by atoms with Crippen LogP contribution in [0, 0.1) is 5.92 Å². The third-order valence-corrected chi connectivity index (χ3v) is 3.13. The average Bonchev–Trinajstić information content (AvgIpc) is 2.52.